The van der Waals surface area contributed by atoms with Gasteiger partial charge in [-0.3, -0.25) is 4.79 Å². The second kappa shape index (κ2) is 5.66. The summed E-state index contributed by atoms with van der Waals surface area (Å²) in [5, 5.41) is 2.88. The highest BCUT2D eigenvalue weighted by Crippen LogP contribution is 2.19. The summed E-state index contributed by atoms with van der Waals surface area (Å²) >= 11 is 0. The molecule has 1 N–H and O–H groups in total. The maximum absolute atomic E-state index is 11.9. The Bertz CT molecular complexity index is 424. The van der Waals surface area contributed by atoms with Gasteiger partial charge in [-0.15, -0.1) is 0 Å². The molecule has 0 aromatic carbocycles. The van der Waals surface area contributed by atoms with Crippen molar-refractivity contribution in [2.45, 2.75) is 25.8 Å². The van der Waals surface area contributed by atoms with Crippen molar-refractivity contribution in [1.82, 2.24) is 15.3 Å². The lowest BCUT2D eigenvalue weighted by atomic mass is 10.1. The van der Waals surface area contributed by atoms with Crippen molar-refractivity contribution in [3.63, 3.8) is 0 Å². The minimum Gasteiger partial charge on any atom is -0.481 e. The zero-order valence-corrected chi connectivity index (χ0v) is 10.7. The van der Waals surface area contributed by atoms with Gasteiger partial charge >= 0.3 is 0 Å². The molecule has 1 fully saturated rings. The molecule has 0 aliphatic carbocycles. The average molecular weight is 250 g/mol. The molecule has 1 atom stereocenters. The largest absolute Gasteiger partial charge is 0.481 e. The zero-order chi connectivity index (χ0) is 13.0. The molecule has 1 aromatic heterocycles. The smallest absolute Gasteiger partial charge is 0.242 e. The fourth-order valence-corrected chi connectivity index (χ4v) is 2.10. The van der Waals surface area contributed by atoms with E-state index in [1.807, 2.05) is 4.90 Å². The second-order valence-electron chi connectivity index (χ2n) is 4.19. The van der Waals surface area contributed by atoms with Crippen molar-refractivity contribution in [2.24, 2.45) is 0 Å². The predicted molar refractivity (Wildman–Crippen MR) is 67.6 cm³/mol. The molecule has 1 aliphatic heterocycles. The molecule has 2 heterocycles. The number of carbonyl (C=O) groups excluding carboxylic acids is 1. The number of amides is 1. The van der Waals surface area contributed by atoms with E-state index in [2.05, 4.69) is 22.2 Å². The van der Waals surface area contributed by atoms with Crippen LogP contribution < -0.4 is 15.0 Å². The summed E-state index contributed by atoms with van der Waals surface area (Å²) in [6.07, 6.45) is 3.39. The first kappa shape index (κ1) is 12.6. The van der Waals surface area contributed by atoms with Crippen LogP contribution in [0.4, 0.5) is 5.95 Å². The normalized spacial score (nSPS) is 19.6. The van der Waals surface area contributed by atoms with Gasteiger partial charge in [-0.05, 0) is 6.42 Å². The molecule has 0 spiro atoms. The van der Waals surface area contributed by atoms with Gasteiger partial charge in [-0.25, -0.2) is 4.98 Å². The van der Waals surface area contributed by atoms with Crippen LogP contribution in [0.15, 0.2) is 12.3 Å². The van der Waals surface area contributed by atoms with Gasteiger partial charge in [0.25, 0.3) is 0 Å². The maximum Gasteiger partial charge on any atom is 0.242 e. The average Bonchev–Trinajstić information content (AvgIpc) is 2.41. The quantitative estimate of drug-likeness (QED) is 0.847. The van der Waals surface area contributed by atoms with E-state index in [-0.39, 0.29) is 11.9 Å². The van der Waals surface area contributed by atoms with Crippen LogP contribution in [0.25, 0.3) is 0 Å². The fraction of sp³-hybridized carbons (Fsp3) is 0.583. The van der Waals surface area contributed by atoms with E-state index < -0.39 is 0 Å². The van der Waals surface area contributed by atoms with Crippen LogP contribution in [0.5, 0.6) is 5.88 Å². The molecule has 2 rings (SSSR count). The van der Waals surface area contributed by atoms with Gasteiger partial charge in [0.2, 0.25) is 17.7 Å². The summed E-state index contributed by atoms with van der Waals surface area (Å²) in [6, 6.07) is 1.51. The van der Waals surface area contributed by atoms with E-state index in [4.69, 9.17) is 4.74 Å². The predicted octanol–water partition coefficient (Wildman–Crippen LogP) is 0.590. The van der Waals surface area contributed by atoms with Crippen LogP contribution in [0.2, 0.25) is 0 Å². The van der Waals surface area contributed by atoms with Crippen molar-refractivity contribution in [1.29, 1.82) is 0 Å². The highest BCUT2D eigenvalue weighted by molar-refractivity contribution is 5.85. The van der Waals surface area contributed by atoms with Crippen molar-refractivity contribution < 1.29 is 9.53 Å². The van der Waals surface area contributed by atoms with Crippen molar-refractivity contribution in [3.05, 3.63) is 12.3 Å². The lowest BCUT2D eigenvalue weighted by Crippen LogP contribution is -2.55. The first-order chi connectivity index (χ1) is 8.76. The summed E-state index contributed by atoms with van der Waals surface area (Å²) in [4.78, 5) is 22.4. The molecule has 6 nitrogen and oxygen atoms in total. The highest BCUT2D eigenvalue weighted by Gasteiger charge is 2.30. The fourth-order valence-electron chi connectivity index (χ4n) is 2.10. The number of nitrogens with one attached hydrogen (secondary N) is 1. The standard InChI is InChI=1S/C12H18N4O2/c1-3-4-9-11(17)13-7-8-16(9)12-14-6-5-10(15-12)18-2/h5-6,9H,3-4,7-8H2,1-2H3,(H,13,17). The first-order valence-electron chi connectivity index (χ1n) is 6.17. The molecule has 1 saturated heterocycles. The molecule has 1 unspecified atom stereocenters. The van der Waals surface area contributed by atoms with Crippen molar-refractivity contribution in [2.75, 3.05) is 25.1 Å². The molecule has 1 aliphatic rings. The van der Waals surface area contributed by atoms with E-state index in [1.54, 1.807) is 19.4 Å². The van der Waals surface area contributed by atoms with Gasteiger partial charge in [0.1, 0.15) is 6.04 Å². The van der Waals surface area contributed by atoms with Gasteiger partial charge in [-0.2, -0.15) is 4.98 Å². The Hall–Kier alpha value is -1.85. The number of aromatic nitrogens is 2. The number of methoxy groups -OCH3 is 1. The minimum atomic E-state index is -0.184. The monoisotopic (exact) mass is 250 g/mol. The second-order valence-corrected chi connectivity index (χ2v) is 4.19. The van der Waals surface area contributed by atoms with E-state index in [1.165, 1.54) is 0 Å². The van der Waals surface area contributed by atoms with E-state index in [0.717, 1.165) is 19.4 Å². The van der Waals surface area contributed by atoms with Crippen molar-refractivity contribution >= 4 is 11.9 Å². The molecule has 98 valence electrons. The Balaban J connectivity index is 2.24. The summed E-state index contributed by atoms with van der Waals surface area (Å²) in [5.74, 6) is 1.12. The lowest BCUT2D eigenvalue weighted by Gasteiger charge is -2.34. The number of ether oxygens (including phenoxy) is 1. The maximum atomic E-state index is 11.9. The SMILES string of the molecule is CCCC1C(=O)NCCN1c1nccc(OC)n1. The Morgan fingerprint density at radius 3 is 3.17 bits per heavy atom. The number of anilines is 1. The van der Waals surface area contributed by atoms with Gasteiger partial charge < -0.3 is 15.0 Å². The Labute approximate surface area is 106 Å². The van der Waals surface area contributed by atoms with Crippen LogP contribution in [0, 0.1) is 0 Å². The minimum absolute atomic E-state index is 0.0505. The van der Waals surface area contributed by atoms with Crippen LogP contribution in [-0.4, -0.2) is 42.1 Å². The Kier molecular flexibility index (Phi) is 3.96. The molecular weight excluding hydrogens is 232 g/mol. The van der Waals surface area contributed by atoms with Crippen molar-refractivity contribution in [3.8, 4) is 5.88 Å². The summed E-state index contributed by atoms with van der Waals surface area (Å²) in [6.45, 7) is 3.41. The summed E-state index contributed by atoms with van der Waals surface area (Å²) in [7, 11) is 1.57. The summed E-state index contributed by atoms with van der Waals surface area (Å²) < 4.78 is 5.09. The topological polar surface area (TPSA) is 67.4 Å². The molecule has 0 bridgehead atoms. The molecule has 1 aromatic rings. The molecule has 6 heteroatoms. The molecule has 18 heavy (non-hydrogen) atoms. The third-order valence-corrected chi connectivity index (χ3v) is 2.98. The summed E-state index contributed by atoms with van der Waals surface area (Å²) in [5.41, 5.74) is 0. The van der Waals surface area contributed by atoms with Gasteiger partial charge in [0.15, 0.2) is 0 Å². The molecular formula is C12H18N4O2. The lowest BCUT2D eigenvalue weighted by molar-refractivity contribution is -0.123. The number of hydrogen-bond donors (Lipinski definition) is 1. The van der Waals surface area contributed by atoms with Gasteiger partial charge in [0, 0.05) is 25.4 Å². The molecule has 0 radical (unpaired) electrons. The van der Waals surface area contributed by atoms with E-state index in [9.17, 15) is 4.79 Å². The zero-order valence-electron chi connectivity index (χ0n) is 10.7. The third kappa shape index (κ3) is 2.52. The number of rotatable bonds is 4. The Morgan fingerprint density at radius 2 is 2.44 bits per heavy atom. The third-order valence-electron chi connectivity index (χ3n) is 2.98. The van der Waals surface area contributed by atoms with Crippen LogP contribution in [0.1, 0.15) is 19.8 Å². The van der Waals surface area contributed by atoms with Crippen LogP contribution in [0.3, 0.4) is 0 Å². The number of piperazine rings is 1. The Morgan fingerprint density at radius 1 is 1.61 bits per heavy atom. The van der Waals surface area contributed by atoms with E-state index in [0.29, 0.717) is 18.4 Å². The number of hydrogen-bond acceptors (Lipinski definition) is 5. The van der Waals surface area contributed by atoms with Gasteiger partial charge in [-0.1, -0.05) is 13.3 Å². The molecule has 0 saturated carbocycles. The number of nitrogens with zero attached hydrogens (tertiary/aromatic N) is 3. The van der Waals surface area contributed by atoms with E-state index >= 15 is 0 Å². The molecule has 1 amide bonds. The first-order valence-corrected chi connectivity index (χ1v) is 6.17. The van der Waals surface area contributed by atoms with Crippen LogP contribution >= 0.6 is 0 Å². The highest BCUT2D eigenvalue weighted by atomic mass is 16.5. The van der Waals surface area contributed by atoms with Crippen LogP contribution in [-0.2, 0) is 4.79 Å². The van der Waals surface area contributed by atoms with Gasteiger partial charge in [0.05, 0.1) is 7.11 Å². The number of carbonyl (C=O) groups is 1.